The number of nitrogens with one attached hydrogen (secondary N) is 2. The van der Waals surface area contributed by atoms with Gasteiger partial charge in [-0.05, 0) is 25.5 Å². The molecule has 90 valence electrons. The third-order valence-electron chi connectivity index (χ3n) is 2.79. The molecule has 0 saturated heterocycles. The Morgan fingerprint density at radius 1 is 1.22 bits per heavy atom. The van der Waals surface area contributed by atoms with Crippen molar-refractivity contribution in [1.29, 1.82) is 0 Å². The summed E-state index contributed by atoms with van der Waals surface area (Å²) in [4.78, 5) is 26.6. The lowest BCUT2D eigenvalue weighted by molar-refractivity contribution is 1.17. The summed E-state index contributed by atoms with van der Waals surface area (Å²) in [5.41, 5.74) is 3.81. The molecule has 0 saturated carbocycles. The van der Waals surface area contributed by atoms with Crippen LogP contribution < -0.4 is 5.43 Å². The number of aromatic amines is 2. The maximum atomic E-state index is 11.9. The summed E-state index contributed by atoms with van der Waals surface area (Å²) in [5.74, 6) is 0.546. The van der Waals surface area contributed by atoms with Crippen molar-refractivity contribution < 1.29 is 0 Å². The molecule has 0 radical (unpaired) electrons. The van der Waals surface area contributed by atoms with E-state index < -0.39 is 0 Å². The summed E-state index contributed by atoms with van der Waals surface area (Å²) in [6.45, 7) is 3.81. The summed E-state index contributed by atoms with van der Waals surface area (Å²) in [6.07, 6.45) is 3.43. The van der Waals surface area contributed by atoms with Gasteiger partial charge in [-0.3, -0.25) is 4.79 Å². The Bertz CT molecular complexity index is 785. The number of imidazole rings is 1. The second kappa shape index (κ2) is 3.80. The SMILES string of the molecule is Cc1cnc2nc(-c3c[nH]c(C)cc3=O)[nH]c2c1. The van der Waals surface area contributed by atoms with Crippen LogP contribution >= 0.6 is 0 Å². The third kappa shape index (κ3) is 1.69. The molecular formula is C13H12N4O. The van der Waals surface area contributed by atoms with Crippen molar-refractivity contribution in [3.05, 3.63) is 46.0 Å². The number of hydrogen-bond donors (Lipinski definition) is 2. The minimum Gasteiger partial charge on any atom is -0.364 e. The van der Waals surface area contributed by atoms with E-state index in [-0.39, 0.29) is 5.43 Å². The van der Waals surface area contributed by atoms with E-state index in [1.165, 1.54) is 0 Å². The molecule has 5 heteroatoms. The van der Waals surface area contributed by atoms with Gasteiger partial charge in [0.25, 0.3) is 0 Å². The van der Waals surface area contributed by atoms with Crippen molar-refractivity contribution in [2.75, 3.05) is 0 Å². The first kappa shape index (κ1) is 10.7. The molecule has 0 spiro atoms. The molecule has 0 atom stereocenters. The zero-order valence-corrected chi connectivity index (χ0v) is 10.1. The van der Waals surface area contributed by atoms with Crippen LogP contribution in [0.5, 0.6) is 0 Å². The Balaban J connectivity index is 2.22. The predicted octanol–water partition coefficient (Wildman–Crippen LogP) is 1.93. The zero-order chi connectivity index (χ0) is 12.7. The summed E-state index contributed by atoms with van der Waals surface area (Å²) >= 11 is 0. The largest absolute Gasteiger partial charge is 0.364 e. The molecule has 0 aliphatic carbocycles. The molecule has 2 N–H and O–H groups in total. The Labute approximate surface area is 103 Å². The number of aryl methyl sites for hydroxylation is 2. The maximum Gasteiger partial charge on any atom is 0.192 e. The minimum absolute atomic E-state index is 0.0537. The van der Waals surface area contributed by atoms with Crippen molar-refractivity contribution in [2.45, 2.75) is 13.8 Å². The topological polar surface area (TPSA) is 74.4 Å². The number of hydrogen-bond acceptors (Lipinski definition) is 3. The van der Waals surface area contributed by atoms with Crippen molar-refractivity contribution >= 4 is 11.2 Å². The number of pyridine rings is 2. The molecule has 3 aromatic heterocycles. The van der Waals surface area contributed by atoms with Crippen LogP contribution in [0.3, 0.4) is 0 Å². The lowest BCUT2D eigenvalue weighted by atomic mass is 10.2. The van der Waals surface area contributed by atoms with E-state index in [9.17, 15) is 4.79 Å². The van der Waals surface area contributed by atoms with Gasteiger partial charge in [-0.1, -0.05) is 0 Å². The van der Waals surface area contributed by atoms with Crippen LogP contribution in [0, 0.1) is 13.8 Å². The Kier molecular flexibility index (Phi) is 2.26. The van der Waals surface area contributed by atoms with E-state index in [1.54, 1.807) is 18.5 Å². The van der Waals surface area contributed by atoms with E-state index in [0.717, 1.165) is 16.8 Å². The smallest absolute Gasteiger partial charge is 0.192 e. The molecule has 5 nitrogen and oxygen atoms in total. The van der Waals surface area contributed by atoms with Gasteiger partial charge < -0.3 is 9.97 Å². The second-order valence-corrected chi connectivity index (χ2v) is 4.36. The van der Waals surface area contributed by atoms with Crippen LogP contribution in [-0.4, -0.2) is 19.9 Å². The van der Waals surface area contributed by atoms with Crippen LogP contribution in [0.2, 0.25) is 0 Å². The van der Waals surface area contributed by atoms with Gasteiger partial charge in [-0.15, -0.1) is 0 Å². The van der Waals surface area contributed by atoms with Crippen LogP contribution in [0.4, 0.5) is 0 Å². The summed E-state index contributed by atoms with van der Waals surface area (Å²) in [5, 5.41) is 0. The average molecular weight is 240 g/mol. The maximum absolute atomic E-state index is 11.9. The first-order valence-electron chi connectivity index (χ1n) is 5.65. The molecule has 3 aromatic rings. The standard InChI is InChI=1S/C13H12N4O/c1-7-3-10-13(15-5-7)17-12(16-10)9-6-14-8(2)4-11(9)18/h3-6H,1-2H3,(H,14,18)(H,15,16,17). The second-order valence-electron chi connectivity index (χ2n) is 4.36. The summed E-state index contributed by atoms with van der Waals surface area (Å²) in [6, 6.07) is 3.52. The summed E-state index contributed by atoms with van der Waals surface area (Å²) < 4.78 is 0. The lowest BCUT2D eigenvalue weighted by Gasteiger charge is -1.96. The number of nitrogens with zero attached hydrogens (tertiary/aromatic N) is 2. The van der Waals surface area contributed by atoms with Gasteiger partial charge >= 0.3 is 0 Å². The number of rotatable bonds is 1. The molecule has 3 heterocycles. The molecule has 0 fully saturated rings. The van der Waals surface area contributed by atoms with Crippen molar-refractivity contribution in [2.24, 2.45) is 0 Å². The Morgan fingerprint density at radius 3 is 2.83 bits per heavy atom. The molecule has 0 aromatic carbocycles. The summed E-state index contributed by atoms with van der Waals surface area (Å²) in [7, 11) is 0. The van der Waals surface area contributed by atoms with Crippen LogP contribution in [0.1, 0.15) is 11.3 Å². The fourth-order valence-corrected chi connectivity index (χ4v) is 1.89. The molecule has 3 rings (SSSR count). The highest BCUT2D eigenvalue weighted by Crippen LogP contribution is 2.16. The predicted molar refractivity (Wildman–Crippen MR) is 69.4 cm³/mol. The van der Waals surface area contributed by atoms with Crippen LogP contribution in [-0.2, 0) is 0 Å². The van der Waals surface area contributed by atoms with Crippen molar-refractivity contribution in [3.8, 4) is 11.4 Å². The highest BCUT2D eigenvalue weighted by molar-refractivity contribution is 5.75. The van der Waals surface area contributed by atoms with Crippen LogP contribution in [0.25, 0.3) is 22.6 Å². The zero-order valence-electron chi connectivity index (χ0n) is 10.1. The normalized spacial score (nSPS) is 11.0. The van der Waals surface area contributed by atoms with E-state index >= 15 is 0 Å². The fraction of sp³-hybridized carbons (Fsp3) is 0.154. The van der Waals surface area contributed by atoms with Crippen molar-refractivity contribution in [3.63, 3.8) is 0 Å². The van der Waals surface area contributed by atoms with Gasteiger partial charge in [0.15, 0.2) is 11.1 Å². The Morgan fingerprint density at radius 2 is 2.06 bits per heavy atom. The first-order valence-corrected chi connectivity index (χ1v) is 5.65. The van der Waals surface area contributed by atoms with Gasteiger partial charge in [-0.25, -0.2) is 9.97 Å². The quantitative estimate of drug-likeness (QED) is 0.682. The van der Waals surface area contributed by atoms with Crippen molar-refractivity contribution in [1.82, 2.24) is 19.9 Å². The third-order valence-corrected chi connectivity index (χ3v) is 2.79. The van der Waals surface area contributed by atoms with Gasteiger partial charge in [0.1, 0.15) is 5.82 Å². The van der Waals surface area contributed by atoms with E-state index in [2.05, 4.69) is 19.9 Å². The van der Waals surface area contributed by atoms with E-state index in [4.69, 9.17) is 0 Å². The fourth-order valence-electron chi connectivity index (χ4n) is 1.89. The number of aromatic nitrogens is 4. The molecule has 0 unspecified atom stereocenters. The molecule has 0 bridgehead atoms. The van der Waals surface area contributed by atoms with Crippen LogP contribution in [0.15, 0.2) is 29.3 Å². The molecule has 0 aliphatic heterocycles. The van der Waals surface area contributed by atoms with Gasteiger partial charge in [-0.2, -0.15) is 0 Å². The number of fused-ring (bicyclic) bond motifs is 1. The lowest BCUT2D eigenvalue weighted by Crippen LogP contribution is -2.05. The molecular weight excluding hydrogens is 228 g/mol. The van der Waals surface area contributed by atoms with E-state index in [0.29, 0.717) is 17.0 Å². The average Bonchev–Trinajstić information content (AvgIpc) is 2.71. The molecule has 0 aliphatic rings. The minimum atomic E-state index is -0.0537. The van der Waals surface area contributed by atoms with E-state index in [1.807, 2.05) is 19.9 Å². The highest BCUT2D eigenvalue weighted by Gasteiger charge is 2.09. The van der Waals surface area contributed by atoms with Gasteiger partial charge in [0, 0.05) is 24.2 Å². The highest BCUT2D eigenvalue weighted by atomic mass is 16.1. The molecule has 0 amide bonds. The molecule has 18 heavy (non-hydrogen) atoms. The first-order chi connectivity index (χ1) is 8.63. The van der Waals surface area contributed by atoms with Gasteiger partial charge in [0.2, 0.25) is 0 Å². The monoisotopic (exact) mass is 240 g/mol. The van der Waals surface area contributed by atoms with Gasteiger partial charge in [0.05, 0.1) is 11.1 Å². The Hall–Kier alpha value is -2.43. The number of H-pyrrole nitrogens is 2.